The summed E-state index contributed by atoms with van der Waals surface area (Å²) in [7, 11) is 0. The number of nitrogens with one attached hydrogen (secondary N) is 1. The summed E-state index contributed by atoms with van der Waals surface area (Å²) in [5.74, 6) is -0.308. The quantitative estimate of drug-likeness (QED) is 0.411. The molecule has 3 amide bonds. The van der Waals surface area contributed by atoms with Crippen LogP contribution in [0.5, 0.6) is 0 Å². The monoisotopic (exact) mass is 454 g/mol. The van der Waals surface area contributed by atoms with E-state index in [4.69, 9.17) is 0 Å². The Kier molecular flexibility index (Phi) is 4.80. The molecule has 4 aliphatic carbocycles. The second-order valence-corrected chi connectivity index (χ2v) is 10.0. The molecule has 2 aromatic rings. The average Bonchev–Trinajstić information content (AvgIpc) is 3.62. The maximum Gasteiger partial charge on any atom is 0.248 e. The van der Waals surface area contributed by atoms with Crippen LogP contribution in [0.2, 0.25) is 0 Å². The maximum absolute atomic E-state index is 13.7. The molecule has 6 nitrogen and oxygen atoms in total. The van der Waals surface area contributed by atoms with Gasteiger partial charge in [0.05, 0.1) is 11.8 Å². The lowest BCUT2D eigenvalue weighted by Gasteiger charge is -2.37. The molecule has 0 radical (unpaired) electrons. The van der Waals surface area contributed by atoms with Crippen LogP contribution in [-0.2, 0) is 20.8 Å². The van der Waals surface area contributed by atoms with E-state index in [1.807, 2.05) is 30.3 Å². The fraction of sp³-hybridized carbons (Fsp3) is 0.357. The molecular weight excluding hydrogens is 428 g/mol. The molecule has 0 unspecified atom stereocenters. The molecule has 2 bridgehead atoms. The van der Waals surface area contributed by atoms with Gasteiger partial charge in [-0.3, -0.25) is 24.1 Å². The Morgan fingerprint density at radius 2 is 1.50 bits per heavy atom. The zero-order chi connectivity index (χ0) is 23.6. The zero-order valence-electron chi connectivity index (χ0n) is 18.9. The summed E-state index contributed by atoms with van der Waals surface area (Å²) in [6.07, 6.45) is 5.62. The molecule has 7 rings (SSSR count). The number of Topliss-reactive ketones (excluding diaryl/α,β-unsaturated/α-hetero) is 1. The molecular formula is C28H26N2O4. The van der Waals surface area contributed by atoms with Gasteiger partial charge in [-0.1, -0.05) is 42.5 Å². The number of hydrogen-bond donors (Lipinski definition) is 1. The van der Waals surface area contributed by atoms with Crippen molar-refractivity contribution in [2.45, 2.75) is 25.8 Å². The van der Waals surface area contributed by atoms with E-state index >= 15 is 0 Å². The zero-order valence-corrected chi connectivity index (χ0v) is 18.9. The van der Waals surface area contributed by atoms with Gasteiger partial charge >= 0.3 is 0 Å². The number of allylic oxidation sites excluding steroid dienone is 2. The van der Waals surface area contributed by atoms with Crippen LogP contribution < -0.4 is 5.32 Å². The van der Waals surface area contributed by atoms with Gasteiger partial charge in [0, 0.05) is 17.7 Å². The van der Waals surface area contributed by atoms with E-state index in [-0.39, 0.29) is 47.7 Å². The normalized spacial score (nSPS) is 31.1. The molecule has 34 heavy (non-hydrogen) atoms. The topological polar surface area (TPSA) is 83.6 Å². The highest BCUT2D eigenvalue weighted by Crippen LogP contribution is 2.65. The summed E-state index contributed by atoms with van der Waals surface area (Å²) in [4.78, 5) is 53.7. The minimum Gasteiger partial charge on any atom is -0.324 e. The van der Waals surface area contributed by atoms with Gasteiger partial charge in [-0.15, -0.1) is 0 Å². The molecule has 2 saturated carbocycles. The Bertz CT molecular complexity index is 1180. The maximum atomic E-state index is 13.7. The van der Waals surface area contributed by atoms with E-state index in [2.05, 4.69) is 17.5 Å². The number of anilines is 1. The molecule has 2 aromatic carbocycles. The minimum absolute atomic E-state index is 0.0583. The predicted octanol–water partition coefficient (Wildman–Crippen LogP) is 3.49. The number of imide groups is 1. The summed E-state index contributed by atoms with van der Waals surface area (Å²) in [6.45, 7) is 1.49. The molecule has 5 aliphatic rings. The summed E-state index contributed by atoms with van der Waals surface area (Å²) in [5.41, 5.74) is 1.95. The van der Waals surface area contributed by atoms with Crippen molar-refractivity contribution in [1.29, 1.82) is 0 Å². The number of amides is 3. The van der Waals surface area contributed by atoms with Gasteiger partial charge in [-0.25, -0.2) is 0 Å². The number of rotatable bonds is 6. The number of hydrogen-bond acceptors (Lipinski definition) is 4. The number of ketones is 1. The highest BCUT2D eigenvalue weighted by Gasteiger charge is 2.67. The summed E-state index contributed by atoms with van der Waals surface area (Å²) in [5, 5.41) is 2.87. The molecule has 1 N–H and O–H groups in total. The van der Waals surface area contributed by atoms with Crippen LogP contribution in [0.3, 0.4) is 0 Å². The largest absolute Gasteiger partial charge is 0.324 e. The number of benzene rings is 2. The minimum atomic E-state index is -0.934. The first-order valence-corrected chi connectivity index (χ1v) is 11.9. The second kappa shape index (κ2) is 7.76. The third-order valence-electron chi connectivity index (χ3n) is 8.14. The molecule has 1 aliphatic heterocycles. The molecule has 172 valence electrons. The molecule has 1 heterocycles. The van der Waals surface area contributed by atoms with E-state index in [0.717, 1.165) is 12.0 Å². The first-order chi connectivity index (χ1) is 16.4. The van der Waals surface area contributed by atoms with Crippen molar-refractivity contribution in [3.63, 3.8) is 0 Å². The molecule has 3 fully saturated rings. The molecule has 1 saturated heterocycles. The lowest BCUT2D eigenvalue weighted by atomic mass is 9.63. The van der Waals surface area contributed by atoms with E-state index in [1.165, 1.54) is 11.8 Å². The number of carbonyl (C=O) groups excluding carboxylic acids is 4. The van der Waals surface area contributed by atoms with Crippen molar-refractivity contribution in [1.82, 2.24) is 4.90 Å². The van der Waals surface area contributed by atoms with Crippen LogP contribution >= 0.6 is 0 Å². The van der Waals surface area contributed by atoms with Gasteiger partial charge < -0.3 is 5.32 Å². The second-order valence-electron chi connectivity index (χ2n) is 10.0. The Morgan fingerprint density at radius 1 is 0.912 bits per heavy atom. The average molecular weight is 455 g/mol. The molecule has 0 aromatic heterocycles. The summed E-state index contributed by atoms with van der Waals surface area (Å²) < 4.78 is 0. The smallest absolute Gasteiger partial charge is 0.248 e. The van der Waals surface area contributed by atoms with Crippen molar-refractivity contribution in [2.24, 2.45) is 35.5 Å². The Hall–Kier alpha value is -3.54. The summed E-state index contributed by atoms with van der Waals surface area (Å²) >= 11 is 0. The van der Waals surface area contributed by atoms with Gasteiger partial charge in [-0.2, -0.15) is 0 Å². The number of carbonyl (C=O) groups is 4. The Labute approximate surface area is 198 Å². The van der Waals surface area contributed by atoms with E-state index in [1.54, 1.807) is 24.3 Å². The van der Waals surface area contributed by atoms with E-state index in [0.29, 0.717) is 23.1 Å². The first-order valence-electron chi connectivity index (χ1n) is 11.9. The van der Waals surface area contributed by atoms with Gasteiger partial charge in [0.15, 0.2) is 5.78 Å². The fourth-order valence-electron chi connectivity index (χ4n) is 6.44. The van der Waals surface area contributed by atoms with Crippen molar-refractivity contribution < 1.29 is 19.2 Å². The fourth-order valence-corrected chi connectivity index (χ4v) is 6.44. The number of nitrogens with zero attached hydrogens (tertiary/aromatic N) is 1. The lowest BCUT2D eigenvalue weighted by molar-refractivity contribution is -0.146. The van der Waals surface area contributed by atoms with Crippen LogP contribution in [0, 0.1) is 35.5 Å². The Balaban J connectivity index is 1.30. The standard InChI is InChI=1S/C28H26N2O4/c1-15(31)17-7-9-18(10-8-17)29-26(32)23(13-16-5-3-2-4-6-16)30-27(33)24-19-11-12-20(22-14-21(19)22)25(24)28(30)34/h2-12,19-25H,13-14H2,1H3,(H,29,32)/t19-,20-,21-,22-,23-,24+,25+/m1/s1. The van der Waals surface area contributed by atoms with Crippen LogP contribution in [0.4, 0.5) is 5.69 Å². The van der Waals surface area contributed by atoms with E-state index in [9.17, 15) is 19.2 Å². The predicted molar refractivity (Wildman–Crippen MR) is 126 cm³/mol. The van der Waals surface area contributed by atoms with Crippen molar-refractivity contribution in [3.8, 4) is 0 Å². The van der Waals surface area contributed by atoms with Gasteiger partial charge in [0.25, 0.3) is 0 Å². The highest BCUT2D eigenvalue weighted by atomic mass is 16.2. The third kappa shape index (κ3) is 3.23. The lowest BCUT2D eigenvalue weighted by Crippen LogP contribution is -2.49. The van der Waals surface area contributed by atoms with Crippen molar-refractivity contribution >= 4 is 29.2 Å². The van der Waals surface area contributed by atoms with Crippen LogP contribution in [0.15, 0.2) is 66.7 Å². The van der Waals surface area contributed by atoms with Crippen LogP contribution in [0.1, 0.15) is 29.3 Å². The van der Waals surface area contributed by atoms with E-state index < -0.39 is 11.9 Å². The Morgan fingerprint density at radius 3 is 2.06 bits per heavy atom. The van der Waals surface area contributed by atoms with Crippen molar-refractivity contribution in [2.75, 3.05) is 5.32 Å². The number of likely N-dealkylation sites (tertiary alicyclic amines) is 1. The van der Waals surface area contributed by atoms with Crippen LogP contribution in [0.25, 0.3) is 0 Å². The molecule has 7 atom stereocenters. The van der Waals surface area contributed by atoms with Gasteiger partial charge in [-0.05, 0) is 66.8 Å². The highest BCUT2D eigenvalue weighted by molar-refractivity contribution is 6.11. The molecule has 6 heteroatoms. The van der Waals surface area contributed by atoms with Gasteiger partial charge in [0.1, 0.15) is 6.04 Å². The summed E-state index contributed by atoms with van der Waals surface area (Å²) in [6, 6.07) is 15.2. The third-order valence-corrected chi connectivity index (χ3v) is 8.14. The first kappa shape index (κ1) is 21.0. The van der Waals surface area contributed by atoms with Crippen LogP contribution in [-0.4, -0.2) is 34.4 Å². The SMILES string of the molecule is CC(=O)c1ccc(NC(=O)[C@@H](Cc2ccccc2)N2C(=O)[C@H]3[C@@H]4C=C[C@H]([C@H]5C[C@H]45)[C@@H]3C2=O)cc1. The van der Waals surface area contributed by atoms with Crippen molar-refractivity contribution in [3.05, 3.63) is 77.9 Å². The van der Waals surface area contributed by atoms with Gasteiger partial charge in [0.2, 0.25) is 17.7 Å². The molecule has 0 spiro atoms.